The second-order valence-corrected chi connectivity index (χ2v) is 4.84. The molecule has 0 aliphatic carbocycles. The summed E-state index contributed by atoms with van der Waals surface area (Å²) in [5.74, 6) is 6.07. The van der Waals surface area contributed by atoms with Crippen molar-refractivity contribution in [1.29, 1.82) is 0 Å². The van der Waals surface area contributed by atoms with Gasteiger partial charge in [0.05, 0.1) is 5.69 Å². The summed E-state index contributed by atoms with van der Waals surface area (Å²) in [7, 11) is 0. The molecule has 2 aromatic rings. The van der Waals surface area contributed by atoms with E-state index in [9.17, 15) is 0 Å². The number of hydrogen-bond donors (Lipinski definition) is 3. The number of nitrogens with one attached hydrogen (secondary N) is 2. The first kappa shape index (κ1) is 14.1. The smallest absolute Gasteiger partial charge is 0.215 e. The molecule has 0 saturated heterocycles. The van der Waals surface area contributed by atoms with Crippen LogP contribution in [0.5, 0.6) is 0 Å². The third kappa shape index (κ3) is 3.36. The largest absolute Gasteiger partial charge is 0.325 e. The standard InChI is InChI=1S/C16H20N4/c1-11-9-12(2)15(13(3)10-11)19-16(20-17)18-14-7-5-4-6-8-14/h4-10H,17H2,1-3H3,(H2,18,19,20). The number of para-hydroxylation sites is 1. The first-order valence-electron chi connectivity index (χ1n) is 6.55. The Hall–Kier alpha value is -2.33. The number of aliphatic imine (C=N–C) groups is 1. The summed E-state index contributed by atoms with van der Waals surface area (Å²) in [6, 6.07) is 14.0. The Bertz CT molecular complexity index is 595. The maximum atomic E-state index is 5.56. The van der Waals surface area contributed by atoms with E-state index in [1.54, 1.807) is 0 Å². The van der Waals surface area contributed by atoms with E-state index in [0.29, 0.717) is 5.96 Å². The third-order valence-corrected chi connectivity index (χ3v) is 3.03. The molecule has 0 bridgehead atoms. The molecule has 20 heavy (non-hydrogen) atoms. The average molecular weight is 268 g/mol. The van der Waals surface area contributed by atoms with Gasteiger partial charge in [0.2, 0.25) is 5.96 Å². The summed E-state index contributed by atoms with van der Waals surface area (Å²) >= 11 is 0. The molecule has 0 aliphatic rings. The van der Waals surface area contributed by atoms with Crippen molar-refractivity contribution in [2.75, 3.05) is 5.32 Å². The molecule has 0 fully saturated rings. The molecular formula is C16H20N4. The second kappa shape index (κ2) is 6.21. The van der Waals surface area contributed by atoms with Crippen molar-refractivity contribution in [3.8, 4) is 0 Å². The van der Waals surface area contributed by atoms with Crippen molar-refractivity contribution in [3.63, 3.8) is 0 Å². The van der Waals surface area contributed by atoms with Crippen molar-refractivity contribution < 1.29 is 0 Å². The van der Waals surface area contributed by atoms with Gasteiger partial charge in [-0.25, -0.2) is 10.8 Å². The van der Waals surface area contributed by atoms with Crippen molar-refractivity contribution in [1.82, 2.24) is 5.43 Å². The van der Waals surface area contributed by atoms with Gasteiger partial charge < -0.3 is 5.32 Å². The SMILES string of the molecule is Cc1cc(C)c(N=C(NN)Nc2ccccc2)c(C)c1. The summed E-state index contributed by atoms with van der Waals surface area (Å²) in [4.78, 5) is 4.58. The number of hydrogen-bond acceptors (Lipinski definition) is 2. The lowest BCUT2D eigenvalue weighted by molar-refractivity contribution is 1.02. The summed E-state index contributed by atoms with van der Waals surface area (Å²) in [6.07, 6.45) is 0. The normalized spacial score (nSPS) is 11.3. The Kier molecular flexibility index (Phi) is 4.38. The first-order chi connectivity index (χ1) is 9.60. The Balaban J connectivity index is 2.32. The number of benzene rings is 2. The van der Waals surface area contributed by atoms with Crippen LogP contribution in [-0.2, 0) is 0 Å². The van der Waals surface area contributed by atoms with Crippen LogP contribution >= 0.6 is 0 Å². The van der Waals surface area contributed by atoms with E-state index >= 15 is 0 Å². The Morgan fingerprint density at radius 2 is 1.60 bits per heavy atom. The maximum Gasteiger partial charge on any atom is 0.215 e. The maximum absolute atomic E-state index is 5.56. The van der Waals surface area contributed by atoms with E-state index in [0.717, 1.165) is 22.5 Å². The number of guanidine groups is 1. The van der Waals surface area contributed by atoms with Gasteiger partial charge in [0, 0.05) is 5.69 Å². The van der Waals surface area contributed by atoms with Crippen LogP contribution in [-0.4, -0.2) is 5.96 Å². The van der Waals surface area contributed by atoms with Gasteiger partial charge in [0.15, 0.2) is 0 Å². The van der Waals surface area contributed by atoms with Gasteiger partial charge >= 0.3 is 0 Å². The molecule has 2 rings (SSSR count). The van der Waals surface area contributed by atoms with Crippen molar-refractivity contribution >= 4 is 17.3 Å². The predicted molar refractivity (Wildman–Crippen MR) is 85.1 cm³/mol. The fourth-order valence-corrected chi connectivity index (χ4v) is 2.22. The van der Waals surface area contributed by atoms with Crippen LogP contribution in [0.3, 0.4) is 0 Å². The first-order valence-corrected chi connectivity index (χ1v) is 6.55. The highest BCUT2D eigenvalue weighted by Gasteiger charge is 2.05. The highest BCUT2D eigenvalue weighted by atomic mass is 15.3. The topological polar surface area (TPSA) is 62.4 Å². The monoisotopic (exact) mass is 268 g/mol. The molecule has 0 aromatic heterocycles. The molecule has 4 heteroatoms. The van der Waals surface area contributed by atoms with Crippen molar-refractivity contribution in [3.05, 3.63) is 59.2 Å². The zero-order valence-electron chi connectivity index (χ0n) is 12.1. The molecule has 2 aromatic carbocycles. The minimum Gasteiger partial charge on any atom is -0.325 e. The van der Waals surface area contributed by atoms with E-state index in [4.69, 9.17) is 5.84 Å². The fourth-order valence-electron chi connectivity index (χ4n) is 2.22. The summed E-state index contributed by atoms with van der Waals surface area (Å²) in [5.41, 5.74) is 7.97. The van der Waals surface area contributed by atoms with Gasteiger partial charge in [0.1, 0.15) is 0 Å². The van der Waals surface area contributed by atoms with Crippen molar-refractivity contribution in [2.45, 2.75) is 20.8 Å². The van der Waals surface area contributed by atoms with Crippen LogP contribution in [0.1, 0.15) is 16.7 Å². The van der Waals surface area contributed by atoms with Gasteiger partial charge in [-0.3, -0.25) is 5.43 Å². The summed E-state index contributed by atoms with van der Waals surface area (Å²) in [5, 5.41) is 3.16. The zero-order valence-corrected chi connectivity index (χ0v) is 12.1. The lowest BCUT2D eigenvalue weighted by atomic mass is 10.1. The van der Waals surface area contributed by atoms with Crippen LogP contribution in [0.4, 0.5) is 11.4 Å². The van der Waals surface area contributed by atoms with Crippen LogP contribution in [0.15, 0.2) is 47.5 Å². The average Bonchev–Trinajstić information content (AvgIpc) is 2.42. The molecule has 0 atom stereocenters. The minimum atomic E-state index is 0.520. The zero-order chi connectivity index (χ0) is 14.5. The summed E-state index contributed by atoms with van der Waals surface area (Å²) < 4.78 is 0. The van der Waals surface area contributed by atoms with Gasteiger partial charge in [-0.2, -0.15) is 0 Å². The quantitative estimate of drug-likeness (QED) is 0.339. The number of aryl methyl sites for hydroxylation is 3. The van der Waals surface area contributed by atoms with Crippen LogP contribution in [0, 0.1) is 20.8 Å². The van der Waals surface area contributed by atoms with Crippen LogP contribution in [0.2, 0.25) is 0 Å². The van der Waals surface area contributed by atoms with E-state index in [1.807, 2.05) is 30.3 Å². The molecule has 0 amide bonds. The minimum absolute atomic E-state index is 0.520. The molecule has 0 unspecified atom stereocenters. The van der Waals surface area contributed by atoms with Gasteiger partial charge in [0.25, 0.3) is 0 Å². The Labute approximate surface area is 119 Å². The fraction of sp³-hybridized carbons (Fsp3) is 0.188. The molecule has 0 aliphatic heterocycles. The highest BCUT2D eigenvalue weighted by molar-refractivity contribution is 5.95. The van der Waals surface area contributed by atoms with Crippen molar-refractivity contribution in [2.24, 2.45) is 10.8 Å². The Morgan fingerprint density at radius 1 is 1.00 bits per heavy atom. The predicted octanol–water partition coefficient (Wildman–Crippen LogP) is 3.17. The number of rotatable bonds is 2. The number of nitrogens with zero attached hydrogens (tertiary/aromatic N) is 1. The van der Waals surface area contributed by atoms with E-state index in [1.165, 1.54) is 5.56 Å². The van der Waals surface area contributed by atoms with E-state index < -0.39 is 0 Å². The molecule has 4 N–H and O–H groups in total. The molecule has 0 spiro atoms. The lowest BCUT2D eigenvalue weighted by Gasteiger charge is -2.12. The Morgan fingerprint density at radius 3 is 2.15 bits per heavy atom. The molecule has 4 nitrogen and oxygen atoms in total. The number of hydrazine groups is 1. The van der Waals surface area contributed by atoms with Crippen LogP contribution in [0.25, 0.3) is 0 Å². The molecule has 0 saturated carbocycles. The van der Waals surface area contributed by atoms with E-state index in [2.05, 4.69) is 48.6 Å². The lowest BCUT2D eigenvalue weighted by Crippen LogP contribution is -2.36. The second-order valence-electron chi connectivity index (χ2n) is 4.84. The van der Waals surface area contributed by atoms with Crippen LogP contribution < -0.4 is 16.6 Å². The van der Waals surface area contributed by atoms with Gasteiger partial charge in [-0.05, 0) is 44.0 Å². The molecule has 0 heterocycles. The van der Waals surface area contributed by atoms with Gasteiger partial charge in [-0.1, -0.05) is 35.9 Å². The van der Waals surface area contributed by atoms with Gasteiger partial charge in [-0.15, -0.1) is 0 Å². The number of nitrogens with two attached hydrogens (primary N) is 1. The van der Waals surface area contributed by atoms with E-state index in [-0.39, 0.29) is 0 Å². The summed E-state index contributed by atoms with van der Waals surface area (Å²) in [6.45, 7) is 6.18. The number of anilines is 1. The molecule has 104 valence electrons. The molecule has 0 radical (unpaired) electrons. The molecular weight excluding hydrogens is 248 g/mol. The highest BCUT2D eigenvalue weighted by Crippen LogP contribution is 2.25. The third-order valence-electron chi connectivity index (χ3n) is 3.03.